The van der Waals surface area contributed by atoms with E-state index in [0.29, 0.717) is 38.1 Å². The molecule has 0 spiro atoms. The summed E-state index contributed by atoms with van der Waals surface area (Å²) >= 11 is 0. The molecule has 4 rings (SSSR count). The van der Waals surface area contributed by atoms with Gasteiger partial charge in [0.05, 0.1) is 17.4 Å². The molecule has 34 heavy (non-hydrogen) atoms. The third kappa shape index (κ3) is 4.81. The normalized spacial score (nSPS) is 20.6. The second-order valence-electron chi connectivity index (χ2n) is 8.88. The maximum Gasteiger partial charge on any atom is 0.243 e. The first-order chi connectivity index (χ1) is 16.2. The van der Waals surface area contributed by atoms with E-state index in [2.05, 4.69) is 5.32 Å². The van der Waals surface area contributed by atoms with Gasteiger partial charge >= 0.3 is 0 Å². The summed E-state index contributed by atoms with van der Waals surface area (Å²) in [4.78, 5) is 26.8. The molecule has 0 aliphatic carbocycles. The summed E-state index contributed by atoms with van der Waals surface area (Å²) in [5.74, 6) is 0.0477. The van der Waals surface area contributed by atoms with Crippen LogP contribution in [0.15, 0.2) is 47.4 Å². The summed E-state index contributed by atoms with van der Waals surface area (Å²) in [6, 6.07) is 12.1. The summed E-state index contributed by atoms with van der Waals surface area (Å²) in [7, 11) is -3.76. The number of carbonyl (C=O) groups excluding carboxylic acids is 2. The van der Waals surface area contributed by atoms with Gasteiger partial charge in [-0.2, -0.15) is 4.31 Å². The molecule has 8 nitrogen and oxygen atoms in total. The topological polar surface area (TPSA) is 96.0 Å². The van der Waals surface area contributed by atoms with Crippen LogP contribution < -0.4 is 15.0 Å². The number of hydrogen-bond donors (Lipinski definition) is 1. The van der Waals surface area contributed by atoms with Gasteiger partial charge in [-0.25, -0.2) is 8.42 Å². The Bertz CT molecular complexity index is 1180. The first-order valence-corrected chi connectivity index (χ1v) is 13.1. The molecule has 182 valence electrons. The zero-order valence-corrected chi connectivity index (χ0v) is 20.6. The van der Waals surface area contributed by atoms with Crippen LogP contribution in [-0.2, 0) is 26.0 Å². The maximum absolute atomic E-state index is 13.4. The van der Waals surface area contributed by atoms with Crippen molar-refractivity contribution in [3.8, 4) is 5.75 Å². The van der Waals surface area contributed by atoms with Gasteiger partial charge in [0.2, 0.25) is 21.8 Å². The Morgan fingerprint density at radius 1 is 1.15 bits per heavy atom. The number of sulfonamides is 1. The van der Waals surface area contributed by atoms with Gasteiger partial charge in [0.1, 0.15) is 5.75 Å². The smallest absolute Gasteiger partial charge is 0.243 e. The van der Waals surface area contributed by atoms with Crippen LogP contribution in [0.5, 0.6) is 5.75 Å². The Kier molecular flexibility index (Phi) is 6.95. The van der Waals surface area contributed by atoms with Crippen LogP contribution in [0.4, 0.5) is 11.4 Å². The molecular weight excluding hydrogens is 454 g/mol. The van der Waals surface area contributed by atoms with Crippen molar-refractivity contribution < 1.29 is 22.7 Å². The molecule has 2 unspecified atom stereocenters. The number of anilines is 2. The van der Waals surface area contributed by atoms with Crippen LogP contribution in [0.2, 0.25) is 0 Å². The van der Waals surface area contributed by atoms with Crippen LogP contribution in [-0.4, -0.2) is 50.3 Å². The third-order valence-corrected chi connectivity index (χ3v) is 8.29. The van der Waals surface area contributed by atoms with Crippen molar-refractivity contribution in [2.75, 3.05) is 29.9 Å². The number of rotatable bonds is 6. The van der Waals surface area contributed by atoms with Gasteiger partial charge < -0.3 is 15.0 Å². The van der Waals surface area contributed by atoms with Gasteiger partial charge in [-0.3, -0.25) is 9.59 Å². The molecule has 0 radical (unpaired) electrons. The summed E-state index contributed by atoms with van der Waals surface area (Å²) < 4.78 is 33.6. The van der Waals surface area contributed by atoms with Gasteiger partial charge in [0.25, 0.3) is 0 Å². The van der Waals surface area contributed by atoms with E-state index in [1.54, 1.807) is 47.4 Å². The number of fused-ring (bicyclic) bond motifs is 1. The van der Waals surface area contributed by atoms with E-state index >= 15 is 0 Å². The Balaban J connectivity index is 1.46. The predicted octanol–water partition coefficient (Wildman–Crippen LogP) is 3.42. The lowest BCUT2D eigenvalue weighted by Crippen LogP contribution is -2.43. The first-order valence-electron chi connectivity index (χ1n) is 11.7. The minimum atomic E-state index is -3.76. The molecule has 2 heterocycles. The number of benzene rings is 2. The Labute approximate surface area is 200 Å². The summed E-state index contributed by atoms with van der Waals surface area (Å²) in [6.45, 7) is 6.45. The highest BCUT2D eigenvalue weighted by atomic mass is 32.2. The van der Waals surface area contributed by atoms with Crippen molar-refractivity contribution in [3.63, 3.8) is 0 Å². The lowest BCUT2D eigenvalue weighted by Gasteiger charge is -2.31. The zero-order chi connectivity index (χ0) is 24.5. The number of nitrogens with one attached hydrogen (secondary N) is 1. The van der Waals surface area contributed by atoms with Gasteiger partial charge in [0, 0.05) is 37.4 Å². The molecule has 2 aromatic rings. The van der Waals surface area contributed by atoms with E-state index in [9.17, 15) is 18.0 Å². The van der Waals surface area contributed by atoms with Crippen LogP contribution in [0, 0.1) is 5.92 Å². The van der Waals surface area contributed by atoms with Crippen molar-refractivity contribution in [2.24, 2.45) is 5.92 Å². The number of carbonyl (C=O) groups is 2. The number of piperidine rings is 1. The Morgan fingerprint density at radius 2 is 1.88 bits per heavy atom. The summed E-state index contributed by atoms with van der Waals surface area (Å²) in [5.41, 5.74) is 2.27. The highest BCUT2D eigenvalue weighted by molar-refractivity contribution is 7.89. The molecule has 2 aliphatic rings. The predicted molar refractivity (Wildman–Crippen MR) is 130 cm³/mol. The van der Waals surface area contributed by atoms with E-state index in [1.807, 2.05) is 13.8 Å². The molecule has 1 saturated heterocycles. The molecule has 0 aromatic heterocycles. The van der Waals surface area contributed by atoms with E-state index in [0.717, 1.165) is 17.0 Å². The van der Waals surface area contributed by atoms with Gasteiger partial charge in [-0.15, -0.1) is 0 Å². The fraction of sp³-hybridized carbons (Fsp3) is 0.440. The fourth-order valence-corrected chi connectivity index (χ4v) is 6.39. The highest BCUT2D eigenvalue weighted by Crippen LogP contribution is 2.35. The second-order valence-corrected chi connectivity index (χ2v) is 10.8. The molecule has 2 aliphatic heterocycles. The Hall–Kier alpha value is -2.91. The van der Waals surface area contributed by atoms with Crippen molar-refractivity contribution in [1.29, 1.82) is 0 Å². The van der Waals surface area contributed by atoms with E-state index in [4.69, 9.17) is 4.74 Å². The molecule has 1 N–H and O–H groups in total. The number of ether oxygens (including phenoxy) is 1. The molecule has 0 saturated carbocycles. The maximum atomic E-state index is 13.4. The SMILES string of the molecule is CCOc1ccc(NC(=O)C2CCCN(S(=O)(=O)c3ccc4c(c3)CC(C)N4C(C)=O)C2)cc1. The lowest BCUT2D eigenvalue weighted by atomic mass is 9.99. The molecular formula is C25H31N3O5S. The van der Waals surface area contributed by atoms with Crippen LogP contribution in [0.3, 0.4) is 0 Å². The van der Waals surface area contributed by atoms with Crippen molar-refractivity contribution in [2.45, 2.75) is 51.0 Å². The second kappa shape index (κ2) is 9.76. The number of hydrogen-bond acceptors (Lipinski definition) is 5. The molecule has 1 fully saturated rings. The van der Waals surface area contributed by atoms with Gasteiger partial charge in [-0.1, -0.05) is 0 Å². The van der Waals surface area contributed by atoms with Gasteiger partial charge in [0.15, 0.2) is 0 Å². The third-order valence-electron chi connectivity index (χ3n) is 6.43. The van der Waals surface area contributed by atoms with E-state index in [1.165, 1.54) is 11.2 Å². The van der Waals surface area contributed by atoms with Crippen LogP contribution >= 0.6 is 0 Å². The van der Waals surface area contributed by atoms with Crippen molar-refractivity contribution in [1.82, 2.24) is 4.31 Å². The molecule has 2 atom stereocenters. The molecule has 2 amide bonds. The van der Waals surface area contributed by atoms with Crippen molar-refractivity contribution >= 4 is 33.2 Å². The fourth-order valence-electron chi connectivity index (χ4n) is 4.82. The summed E-state index contributed by atoms with van der Waals surface area (Å²) in [5, 5.41) is 2.89. The quantitative estimate of drug-likeness (QED) is 0.676. The van der Waals surface area contributed by atoms with E-state index < -0.39 is 15.9 Å². The minimum Gasteiger partial charge on any atom is -0.494 e. The molecule has 0 bridgehead atoms. The largest absolute Gasteiger partial charge is 0.494 e. The monoisotopic (exact) mass is 485 g/mol. The van der Waals surface area contributed by atoms with Gasteiger partial charge in [-0.05, 0) is 81.1 Å². The molecule has 9 heteroatoms. The van der Waals surface area contributed by atoms with E-state index in [-0.39, 0.29) is 29.3 Å². The average molecular weight is 486 g/mol. The minimum absolute atomic E-state index is 0.00359. The number of amides is 2. The average Bonchev–Trinajstić information content (AvgIpc) is 3.15. The lowest BCUT2D eigenvalue weighted by molar-refractivity contribution is -0.121. The standard InChI is InChI=1S/C25H31N3O5S/c1-4-33-22-9-7-21(8-10-22)26-25(30)19-6-5-13-27(16-19)34(31,32)23-11-12-24-20(15-23)14-17(2)28(24)18(3)29/h7-12,15,17,19H,4-6,13-14,16H2,1-3H3,(H,26,30). The van der Waals surface area contributed by atoms with Crippen LogP contribution in [0.25, 0.3) is 0 Å². The number of nitrogens with zero attached hydrogens (tertiary/aromatic N) is 2. The highest BCUT2D eigenvalue weighted by Gasteiger charge is 2.35. The first kappa shape index (κ1) is 24.2. The Morgan fingerprint density at radius 3 is 2.56 bits per heavy atom. The summed E-state index contributed by atoms with van der Waals surface area (Å²) in [6.07, 6.45) is 1.86. The van der Waals surface area contributed by atoms with Crippen LogP contribution in [0.1, 0.15) is 39.2 Å². The van der Waals surface area contributed by atoms with Crippen molar-refractivity contribution in [3.05, 3.63) is 48.0 Å². The molecule has 2 aromatic carbocycles. The zero-order valence-electron chi connectivity index (χ0n) is 19.8.